The normalized spacial score (nSPS) is 25.1. The van der Waals surface area contributed by atoms with Gasteiger partial charge in [-0.05, 0) is 32.4 Å². The lowest BCUT2D eigenvalue weighted by molar-refractivity contribution is -0.152. The molecule has 2 fully saturated rings. The van der Waals surface area contributed by atoms with E-state index in [4.69, 9.17) is 9.47 Å². The van der Waals surface area contributed by atoms with E-state index in [-0.39, 0.29) is 18.5 Å². The second-order valence-corrected chi connectivity index (χ2v) is 7.42. The fraction of sp³-hybridized carbons (Fsp3) is 0.478. The fourth-order valence-electron chi connectivity index (χ4n) is 4.46. The zero-order valence-corrected chi connectivity index (χ0v) is 16.9. The van der Waals surface area contributed by atoms with Gasteiger partial charge in [-0.3, -0.25) is 4.90 Å². The molecule has 27 heavy (non-hydrogen) atoms. The summed E-state index contributed by atoms with van der Waals surface area (Å²) < 4.78 is 13.2. The minimum Gasteiger partial charge on any atom is -0.339 e. The fourth-order valence-corrected chi connectivity index (χ4v) is 4.46. The van der Waals surface area contributed by atoms with Crippen LogP contribution in [0.4, 0.5) is 0 Å². The van der Waals surface area contributed by atoms with Crippen molar-refractivity contribution in [2.24, 2.45) is 0 Å². The number of nitrogens with zero attached hydrogens (tertiary/aromatic N) is 1. The van der Waals surface area contributed by atoms with Gasteiger partial charge in [-0.25, -0.2) is 0 Å². The van der Waals surface area contributed by atoms with Gasteiger partial charge in [-0.1, -0.05) is 74.0 Å². The third-order valence-corrected chi connectivity index (χ3v) is 5.68. The molecule has 0 saturated carbocycles. The van der Waals surface area contributed by atoms with E-state index in [2.05, 4.69) is 60.4 Å². The van der Waals surface area contributed by atoms with E-state index in [1.165, 1.54) is 32.2 Å². The Balaban J connectivity index is 0.00000210. The molecule has 0 aliphatic carbocycles. The predicted molar refractivity (Wildman–Crippen MR) is 111 cm³/mol. The van der Waals surface area contributed by atoms with Crippen LogP contribution in [-0.2, 0) is 15.3 Å². The lowest BCUT2D eigenvalue weighted by atomic mass is 9.96. The minimum absolute atomic E-state index is 0. The van der Waals surface area contributed by atoms with E-state index in [9.17, 15) is 0 Å². The molecule has 4 heteroatoms. The second-order valence-electron chi connectivity index (χ2n) is 7.42. The number of piperidine rings is 1. The van der Waals surface area contributed by atoms with Crippen LogP contribution in [0.15, 0.2) is 60.7 Å². The third kappa shape index (κ3) is 4.07. The number of rotatable bonds is 5. The van der Waals surface area contributed by atoms with Crippen LogP contribution in [0.25, 0.3) is 0 Å². The Labute approximate surface area is 169 Å². The van der Waals surface area contributed by atoms with Gasteiger partial charge >= 0.3 is 0 Å². The van der Waals surface area contributed by atoms with Crippen molar-refractivity contribution in [3.63, 3.8) is 0 Å². The van der Waals surface area contributed by atoms with Gasteiger partial charge in [0.1, 0.15) is 6.10 Å². The molecule has 2 aromatic carbocycles. The Kier molecular flexibility index (Phi) is 6.93. The molecule has 0 radical (unpaired) electrons. The SMILES string of the molecule is CCCN1CCCCC1[C@@H]1COC(c2ccccc2)(c2ccccc2)O1.Cl. The van der Waals surface area contributed by atoms with Crippen molar-refractivity contribution in [2.45, 2.75) is 50.5 Å². The molecule has 0 N–H and O–H groups in total. The van der Waals surface area contributed by atoms with Crippen LogP contribution in [0.2, 0.25) is 0 Å². The summed E-state index contributed by atoms with van der Waals surface area (Å²) in [5.41, 5.74) is 2.15. The van der Waals surface area contributed by atoms with E-state index in [1.54, 1.807) is 0 Å². The van der Waals surface area contributed by atoms with Crippen LogP contribution in [0.5, 0.6) is 0 Å². The smallest absolute Gasteiger partial charge is 0.222 e. The zero-order valence-electron chi connectivity index (χ0n) is 16.0. The zero-order chi connectivity index (χ0) is 17.8. The molecule has 3 nitrogen and oxygen atoms in total. The Morgan fingerprint density at radius 2 is 1.59 bits per heavy atom. The summed E-state index contributed by atoms with van der Waals surface area (Å²) in [5, 5.41) is 0. The number of hydrogen-bond acceptors (Lipinski definition) is 3. The Bertz CT molecular complexity index is 653. The lowest BCUT2D eigenvalue weighted by Gasteiger charge is -2.39. The van der Waals surface area contributed by atoms with Crippen molar-refractivity contribution in [3.05, 3.63) is 71.8 Å². The number of hydrogen-bond donors (Lipinski definition) is 0. The first kappa shape index (κ1) is 20.3. The molecule has 2 heterocycles. The summed E-state index contributed by atoms with van der Waals surface area (Å²) in [6.07, 6.45) is 5.09. The molecular weight excluding hydrogens is 358 g/mol. The van der Waals surface area contributed by atoms with Gasteiger partial charge in [-0.2, -0.15) is 0 Å². The van der Waals surface area contributed by atoms with Gasteiger partial charge in [-0.15, -0.1) is 12.4 Å². The Morgan fingerprint density at radius 1 is 0.963 bits per heavy atom. The molecule has 2 saturated heterocycles. The maximum Gasteiger partial charge on any atom is 0.222 e. The number of benzene rings is 2. The molecular formula is C23H30ClNO2. The summed E-state index contributed by atoms with van der Waals surface area (Å²) in [6, 6.07) is 21.2. The highest BCUT2D eigenvalue weighted by molar-refractivity contribution is 5.85. The van der Waals surface area contributed by atoms with Gasteiger partial charge in [0.25, 0.3) is 0 Å². The minimum atomic E-state index is -0.789. The molecule has 2 aromatic rings. The van der Waals surface area contributed by atoms with Crippen molar-refractivity contribution in [1.29, 1.82) is 0 Å². The summed E-state index contributed by atoms with van der Waals surface area (Å²) in [7, 11) is 0. The molecule has 0 spiro atoms. The van der Waals surface area contributed by atoms with Crippen molar-refractivity contribution < 1.29 is 9.47 Å². The van der Waals surface area contributed by atoms with Gasteiger partial charge in [0.2, 0.25) is 5.79 Å². The average molecular weight is 388 g/mol. The maximum atomic E-state index is 6.77. The van der Waals surface area contributed by atoms with Gasteiger partial charge in [0, 0.05) is 17.2 Å². The molecule has 2 aliphatic heterocycles. The summed E-state index contributed by atoms with van der Waals surface area (Å²) in [5.74, 6) is -0.789. The van der Waals surface area contributed by atoms with Crippen molar-refractivity contribution in [1.82, 2.24) is 4.90 Å². The molecule has 0 bridgehead atoms. The first-order valence-electron chi connectivity index (χ1n) is 10.0. The summed E-state index contributed by atoms with van der Waals surface area (Å²) in [4.78, 5) is 2.61. The second kappa shape index (κ2) is 9.20. The van der Waals surface area contributed by atoms with E-state index in [1.807, 2.05) is 12.1 Å². The van der Waals surface area contributed by atoms with Crippen molar-refractivity contribution in [2.75, 3.05) is 19.7 Å². The van der Waals surface area contributed by atoms with Crippen LogP contribution in [-0.4, -0.2) is 36.7 Å². The molecule has 2 atom stereocenters. The number of ether oxygens (including phenoxy) is 2. The Morgan fingerprint density at radius 3 is 2.19 bits per heavy atom. The maximum absolute atomic E-state index is 6.77. The van der Waals surface area contributed by atoms with Crippen LogP contribution in [0.3, 0.4) is 0 Å². The quantitative estimate of drug-likeness (QED) is 0.721. The molecule has 146 valence electrons. The molecule has 0 amide bonds. The van der Waals surface area contributed by atoms with Gasteiger partial charge in [0.05, 0.1) is 6.61 Å². The molecule has 2 aliphatic rings. The largest absolute Gasteiger partial charge is 0.339 e. The summed E-state index contributed by atoms with van der Waals surface area (Å²) in [6.45, 7) is 5.24. The average Bonchev–Trinajstić information content (AvgIpc) is 3.17. The molecule has 0 aromatic heterocycles. The topological polar surface area (TPSA) is 21.7 Å². The number of halogens is 1. The van der Waals surface area contributed by atoms with Crippen molar-refractivity contribution >= 4 is 12.4 Å². The first-order valence-corrected chi connectivity index (χ1v) is 10.0. The van der Waals surface area contributed by atoms with Gasteiger partial charge < -0.3 is 9.47 Å². The summed E-state index contributed by atoms with van der Waals surface area (Å²) >= 11 is 0. The van der Waals surface area contributed by atoms with Crippen LogP contribution in [0, 0.1) is 0 Å². The van der Waals surface area contributed by atoms with E-state index in [0.29, 0.717) is 12.6 Å². The highest BCUT2D eigenvalue weighted by Crippen LogP contribution is 2.42. The lowest BCUT2D eigenvalue weighted by Crippen LogP contribution is -2.48. The van der Waals surface area contributed by atoms with E-state index >= 15 is 0 Å². The van der Waals surface area contributed by atoms with Crippen LogP contribution < -0.4 is 0 Å². The number of likely N-dealkylation sites (tertiary alicyclic amines) is 1. The first-order chi connectivity index (χ1) is 12.8. The standard InChI is InChI=1S/C23H29NO2.ClH/c1-2-16-24-17-10-9-15-21(24)22-18-25-23(26-22,19-11-5-3-6-12-19)20-13-7-4-8-14-20;/h3-8,11-14,21-22H,2,9-10,15-18H2,1H3;1H/t21?,22-;/m0./s1. The van der Waals surface area contributed by atoms with E-state index < -0.39 is 5.79 Å². The monoisotopic (exact) mass is 387 g/mol. The molecule has 4 rings (SSSR count). The highest BCUT2D eigenvalue weighted by atomic mass is 35.5. The van der Waals surface area contributed by atoms with Crippen LogP contribution >= 0.6 is 12.4 Å². The molecule has 1 unspecified atom stereocenters. The predicted octanol–water partition coefficient (Wildman–Crippen LogP) is 4.99. The third-order valence-electron chi connectivity index (χ3n) is 5.68. The highest BCUT2D eigenvalue weighted by Gasteiger charge is 2.48. The van der Waals surface area contributed by atoms with E-state index in [0.717, 1.165) is 17.7 Å². The van der Waals surface area contributed by atoms with Crippen molar-refractivity contribution in [3.8, 4) is 0 Å². The van der Waals surface area contributed by atoms with Crippen LogP contribution in [0.1, 0.15) is 43.7 Å². The Hall–Kier alpha value is -1.39. The van der Waals surface area contributed by atoms with Gasteiger partial charge in [0.15, 0.2) is 0 Å².